The summed E-state index contributed by atoms with van der Waals surface area (Å²) in [5.41, 5.74) is 0.728. The van der Waals surface area contributed by atoms with Crippen molar-refractivity contribution in [3.63, 3.8) is 0 Å². The Morgan fingerprint density at radius 3 is 2.64 bits per heavy atom. The molecule has 3 aromatic rings. The van der Waals surface area contributed by atoms with E-state index in [2.05, 4.69) is 18.7 Å². The number of aromatic nitrogens is 1. The molecule has 196 valence electrons. The number of para-hydroxylation sites is 1. The molecular weight excluding hydrogens is 517 g/mol. The second-order valence-electron chi connectivity index (χ2n) is 8.61. The van der Waals surface area contributed by atoms with Gasteiger partial charge in [0, 0.05) is 19.6 Å². The van der Waals surface area contributed by atoms with Gasteiger partial charge in [-0.25, -0.2) is 13.4 Å². The van der Waals surface area contributed by atoms with Gasteiger partial charge in [-0.1, -0.05) is 43.7 Å². The predicted octanol–water partition coefficient (Wildman–Crippen LogP) is 4.67. The fourth-order valence-corrected chi connectivity index (χ4v) is 8.31. The lowest BCUT2D eigenvalue weighted by molar-refractivity contribution is -0.123. The van der Waals surface area contributed by atoms with Gasteiger partial charge in [-0.15, -0.1) is 11.3 Å². The molecule has 36 heavy (non-hydrogen) atoms. The van der Waals surface area contributed by atoms with Crippen LogP contribution in [-0.2, 0) is 14.8 Å². The molecule has 0 N–H and O–H groups in total. The Labute approximate surface area is 221 Å². The number of piperidine rings is 1. The SMILES string of the molecule is CCOc1cccc2sc(N(CCN(CC)CC)C(=O)C3CCCCN3S(=O)(=O)c3cccs3)nc12. The third kappa shape index (κ3) is 5.60. The normalized spacial score (nSPS) is 17.1. The lowest BCUT2D eigenvalue weighted by Crippen LogP contribution is -2.54. The number of fused-ring (bicyclic) bond motifs is 1. The number of benzene rings is 1. The number of hydrogen-bond acceptors (Lipinski definition) is 8. The van der Waals surface area contributed by atoms with Crippen LogP contribution in [0.4, 0.5) is 5.13 Å². The lowest BCUT2D eigenvalue weighted by Gasteiger charge is -2.36. The van der Waals surface area contributed by atoms with E-state index in [1.807, 2.05) is 25.1 Å². The summed E-state index contributed by atoms with van der Waals surface area (Å²) in [6.45, 7) is 9.84. The van der Waals surface area contributed by atoms with Crippen molar-refractivity contribution in [2.24, 2.45) is 0 Å². The van der Waals surface area contributed by atoms with E-state index < -0.39 is 16.1 Å². The molecule has 1 aliphatic heterocycles. The van der Waals surface area contributed by atoms with Gasteiger partial charge in [-0.05, 0) is 56.4 Å². The van der Waals surface area contributed by atoms with Gasteiger partial charge in [0.1, 0.15) is 21.5 Å². The van der Waals surface area contributed by atoms with E-state index in [0.29, 0.717) is 43.5 Å². The predicted molar refractivity (Wildman–Crippen MR) is 147 cm³/mol. The van der Waals surface area contributed by atoms with E-state index >= 15 is 0 Å². The van der Waals surface area contributed by atoms with Gasteiger partial charge in [0.2, 0.25) is 5.91 Å². The molecule has 0 spiro atoms. The van der Waals surface area contributed by atoms with Gasteiger partial charge in [0.25, 0.3) is 10.0 Å². The van der Waals surface area contributed by atoms with E-state index in [1.54, 1.807) is 22.4 Å². The Bertz CT molecular complexity index is 1260. The minimum absolute atomic E-state index is 0.209. The molecule has 1 fully saturated rings. The van der Waals surface area contributed by atoms with Gasteiger partial charge in [-0.2, -0.15) is 4.31 Å². The molecule has 8 nitrogen and oxygen atoms in total. The number of thiazole rings is 1. The third-order valence-electron chi connectivity index (χ3n) is 6.50. The van der Waals surface area contributed by atoms with Gasteiger partial charge in [-0.3, -0.25) is 9.69 Å². The summed E-state index contributed by atoms with van der Waals surface area (Å²) in [4.78, 5) is 22.9. The van der Waals surface area contributed by atoms with Crippen LogP contribution < -0.4 is 9.64 Å². The third-order valence-corrected chi connectivity index (χ3v) is 10.8. The van der Waals surface area contributed by atoms with Crippen LogP contribution in [0.5, 0.6) is 5.75 Å². The standard InChI is InChI=1S/C25H34N4O4S3/c1-4-27(5-2)16-17-28(25-26-23-20(33-6-3)12-9-13-21(23)35-25)24(30)19-11-7-8-15-29(19)36(31,32)22-14-10-18-34-22/h9-10,12-14,18-19H,4-8,11,15-17H2,1-3H3. The van der Waals surface area contributed by atoms with Crippen LogP contribution in [0.25, 0.3) is 10.2 Å². The number of thiophene rings is 1. The summed E-state index contributed by atoms with van der Waals surface area (Å²) in [5, 5.41) is 2.33. The fraction of sp³-hybridized carbons (Fsp3) is 0.520. The smallest absolute Gasteiger partial charge is 0.253 e. The van der Waals surface area contributed by atoms with Crippen molar-refractivity contribution in [2.75, 3.05) is 44.2 Å². The summed E-state index contributed by atoms with van der Waals surface area (Å²) in [6.07, 6.45) is 2.05. The average molecular weight is 551 g/mol. The Morgan fingerprint density at radius 1 is 1.14 bits per heavy atom. The highest BCUT2D eigenvalue weighted by Gasteiger charge is 2.40. The minimum Gasteiger partial charge on any atom is -0.492 e. The second-order valence-corrected chi connectivity index (χ2v) is 12.7. The van der Waals surface area contributed by atoms with E-state index in [9.17, 15) is 13.2 Å². The molecule has 1 aliphatic rings. The first kappa shape index (κ1) is 27.0. The first-order valence-corrected chi connectivity index (χ1v) is 15.7. The number of likely N-dealkylation sites (N-methyl/N-ethyl adjacent to an activating group) is 1. The lowest BCUT2D eigenvalue weighted by atomic mass is 10.0. The van der Waals surface area contributed by atoms with Crippen molar-refractivity contribution in [3.8, 4) is 5.75 Å². The van der Waals surface area contributed by atoms with Crippen LogP contribution in [0.2, 0.25) is 0 Å². The van der Waals surface area contributed by atoms with Crippen LogP contribution in [0.1, 0.15) is 40.0 Å². The molecule has 2 aromatic heterocycles. The van der Waals surface area contributed by atoms with E-state index in [-0.39, 0.29) is 10.1 Å². The molecular formula is C25H34N4O4S3. The summed E-state index contributed by atoms with van der Waals surface area (Å²) < 4.78 is 35.3. The van der Waals surface area contributed by atoms with Gasteiger partial charge in [0.15, 0.2) is 5.13 Å². The maximum atomic E-state index is 14.1. The number of anilines is 1. The molecule has 0 bridgehead atoms. The number of sulfonamides is 1. The summed E-state index contributed by atoms with van der Waals surface area (Å²) in [6, 6.07) is 8.37. The molecule has 11 heteroatoms. The first-order valence-electron chi connectivity index (χ1n) is 12.5. The molecule has 3 heterocycles. The highest BCUT2D eigenvalue weighted by Crippen LogP contribution is 2.36. The molecule has 0 radical (unpaired) electrons. The molecule has 0 saturated carbocycles. The van der Waals surface area contributed by atoms with Gasteiger partial charge in [0.05, 0.1) is 11.3 Å². The molecule has 1 aromatic carbocycles. The number of amides is 1. The number of ether oxygens (including phenoxy) is 1. The van der Waals surface area contributed by atoms with Crippen LogP contribution >= 0.6 is 22.7 Å². The van der Waals surface area contributed by atoms with Crippen molar-refractivity contribution in [2.45, 2.75) is 50.3 Å². The second kappa shape index (κ2) is 12.0. The first-order chi connectivity index (χ1) is 17.4. The van der Waals surface area contributed by atoms with E-state index in [1.165, 1.54) is 27.0 Å². The van der Waals surface area contributed by atoms with Crippen LogP contribution in [0, 0.1) is 0 Å². The van der Waals surface area contributed by atoms with Crippen molar-refractivity contribution >= 4 is 54.0 Å². The molecule has 1 saturated heterocycles. The Morgan fingerprint density at radius 2 is 1.94 bits per heavy atom. The number of carbonyl (C=O) groups excluding carboxylic acids is 1. The van der Waals surface area contributed by atoms with E-state index in [4.69, 9.17) is 9.72 Å². The van der Waals surface area contributed by atoms with E-state index in [0.717, 1.165) is 36.1 Å². The van der Waals surface area contributed by atoms with Crippen LogP contribution in [0.15, 0.2) is 39.9 Å². The highest BCUT2D eigenvalue weighted by molar-refractivity contribution is 7.91. The number of carbonyl (C=O) groups is 1. The van der Waals surface area contributed by atoms with Gasteiger partial charge >= 0.3 is 0 Å². The van der Waals surface area contributed by atoms with Crippen molar-refractivity contribution in [3.05, 3.63) is 35.7 Å². The molecule has 1 atom stereocenters. The summed E-state index contributed by atoms with van der Waals surface area (Å²) in [7, 11) is -3.75. The average Bonchev–Trinajstić information content (AvgIpc) is 3.58. The molecule has 1 unspecified atom stereocenters. The minimum atomic E-state index is -3.75. The summed E-state index contributed by atoms with van der Waals surface area (Å²) in [5.74, 6) is 0.479. The highest BCUT2D eigenvalue weighted by atomic mass is 32.2. The van der Waals surface area contributed by atoms with Crippen molar-refractivity contribution in [1.29, 1.82) is 0 Å². The number of rotatable bonds is 11. The van der Waals surface area contributed by atoms with Crippen molar-refractivity contribution in [1.82, 2.24) is 14.2 Å². The molecule has 4 rings (SSSR count). The van der Waals surface area contributed by atoms with Crippen LogP contribution in [-0.4, -0.2) is 73.9 Å². The summed E-state index contributed by atoms with van der Waals surface area (Å²) >= 11 is 2.63. The van der Waals surface area contributed by atoms with Crippen LogP contribution in [0.3, 0.4) is 0 Å². The molecule has 1 amide bonds. The maximum Gasteiger partial charge on any atom is 0.253 e. The molecule has 0 aliphatic carbocycles. The van der Waals surface area contributed by atoms with Gasteiger partial charge < -0.3 is 9.64 Å². The quantitative estimate of drug-likeness (QED) is 0.345. The zero-order chi connectivity index (χ0) is 25.7. The zero-order valence-corrected chi connectivity index (χ0v) is 23.5. The monoisotopic (exact) mass is 550 g/mol. The maximum absolute atomic E-state index is 14.1. The Hall–Kier alpha value is -2.05. The number of nitrogens with zero attached hydrogens (tertiary/aromatic N) is 4. The Kier molecular flexibility index (Phi) is 9.00. The Balaban J connectivity index is 1.71. The zero-order valence-electron chi connectivity index (χ0n) is 21.1. The van der Waals surface area contributed by atoms with Crippen molar-refractivity contribution < 1.29 is 17.9 Å². The number of hydrogen-bond donors (Lipinski definition) is 0. The topological polar surface area (TPSA) is 83.0 Å². The largest absolute Gasteiger partial charge is 0.492 e. The fourth-order valence-electron chi connectivity index (χ4n) is 4.53.